The number of benzene rings is 2. The first-order chi connectivity index (χ1) is 16.5. The number of hydrazine groups is 1. The van der Waals surface area contributed by atoms with E-state index in [0.29, 0.717) is 5.56 Å². The van der Waals surface area contributed by atoms with Gasteiger partial charge in [0.05, 0.1) is 5.56 Å². The van der Waals surface area contributed by atoms with Crippen LogP contribution in [0.25, 0.3) is 0 Å². The second-order valence-corrected chi connectivity index (χ2v) is 9.13. The number of carboxylic acid groups (broad SMARTS) is 1. The topological polar surface area (TPSA) is 102 Å². The summed E-state index contributed by atoms with van der Waals surface area (Å²) in [6.45, 7) is 5.32. The fourth-order valence-corrected chi connectivity index (χ4v) is 4.77. The van der Waals surface area contributed by atoms with Crippen LogP contribution in [0.15, 0.2) is 48.5 Å². The Morgan fingerprint density at radius 2 is 1.24 bits per heavy atom. The number of aromatic carboxylic acids is 1. The van der Waals surface area contributed by atoms with Crippen LogP contribution in [0, 0.1) is 5.92 Å². The molecule has 3 N–H and O–H groups in total. The van der Waals surface area contributed by atoms with Crippen LogP contribution < -0.4 is 15.8 Å². The third kappa shape index (κ3) is 6.14. The summed E-state index contributed by atoms with van der Waals surface area (Å²) in [4.78, 5) is 40.5. The number of carbonyl (C=O) groups excluding carboxylic acids is 2. The van der Waals surface area contributed by atoms with Crippen molar-refractivity contribution >= 4 is 23.5 Å². The van der Waals surface area contributed by atoms with Gasteiger partial charge in [-0.15, -0.1) is 0 Å². The molecule has 2 aromatic carbocycles. The zero-order chi connectivity index (χ0) is 23.9. The third-order valence-electron chi connectivity index (χ3n) is 6.79. The first-order valence-electron chi connectivity index (χ1n) is 12.0. The number of carbonyl (C=O) groups is 3. The van der Waals surface area contributed by atoms with Crippen molar-refractivity contribution in [2.24, 2.45) is 5.92 Å². The summed E-state index contributed by atoms with van der Waals surface area (Å²) >= 11 is 0. The lowest BCUT2D eigenvalue weighted by atomic mass is 9.89. The summed E-state index contributed by atoms with van der Waals surface area (Å²) < 4.78 is 0. The first kappa shape index (κ1) is 23.8. The number of hydrogen-bond donors (Lipinski definition) is 3. The van der Waals surface area contributed by atoms with Crippen molar-refractivity contribution in [2.75, 3.05) is 37.6 Å². The summed E-state index contributed by atoms with van der Waals surface area (Å²) in [5.74, 6) is -1.14. The number of rotatable bonds is 6. The summed E-state index contributed by atoms with van der Waals surface area (Å²) in [5.41, 5.74) is 6.64. The van der Waals surface area contributed by atoms with E-state index in [-0.39, 0.29) is 11.1 Å². The summed E-state index contributed by atoms with van der Waals surface area (Å²) in [7, 11) is 0. The molecule has 34 heavy (non-hydrogen) atoms. The molecule has 2 fully saturated rings. The van der Waals surface area contributed by atoms with Crippen molar-refractivity contribution < 1.29 is 19.5 Å². The lowest BCUT2D eigenvalue weighted by Crippen LogP contribution is -2.48. The quantitative estimate of drug-likeness (QED) is 0.568. The molecule has 0 atom stereocenters. The van der Waals surface area contributed by atoms with Gasteiger partial charge in [0.25, 0.3) is 11.8 Å². The molecule has 0 radical (unpaired) electrons. The van der Waals surface area contributed by atoms with E-state index in [9.17, 15) is 14.4 Å². The van der Waals surface area contributed by atoms with Crippen molar-refractivity contribution in [1.29, 1.82) is 0 Å². The van der Waals surface area contributed by atoms with Crippen molar-refractivity contribution in [2.45, 2.75) is 32.1 Å². The molecule has 2 amide bonds. The fraction of sp³-hybridized carbons (Fsp3) is 0.423. The molecule has 1 saturated heterocycles. The predicted molar refractivity (Wildman–Crippen MR) is 130 cm³/mol. The maximum absolute atomic E-state index is 12.4. The number of nitrogens with one attached hydrogen (secondary N) is 2. The lowest BCUT2D eigenvalue weighted by molar-refractivity contribution is 0.0696. The standard InChI is InChI=1S/C26H32N4O4/c31-24(20-6-8-22(9-7-20)26(33)34)27-28-25(32)21-10-12-23(13-11-21)30-16-14-29(15-17-30)18-19-4-2-1-3-5-19/h6-13,19H,1-5,14-18H2,(H,27,31)(H,28,32)(H,33,34). The average molecular weight is 465 g/mol. The minimum absolute atomic E-state index is 0.0892. The smallest absolute Gasteiger partial charge is 0.335 e. The largest absolute Gasteiger partial charge is 0.478 e. The first-order valence-corrected chi connectivity index (χ1v) is 12.0. The van der Waals surface area contributed by atoms with Crippen LogP contribution in [0.3, 0.4) is 0 Å². The van der Waals surface area contributed by atoms with Gasteiger partial charge >= 0.3 is 5.97 Å². The number of hydrogen-bond acceptors (Lipinski definition) is 5. The predicted octanol–water partition coefficient (Wildman–Crippen LogP) is 3.16. The van der Waals surface area contributed by atoms with Crippen molar-refractivity contribution in [3.05, 3.63) is 65.2 Å². The van der Waals surface area contributed by atoms with Gasteiger partial charge in [-0.1, -0.05) is 19.3 Å². The molecule has 0 unspecified atom stereocenters. The van der Waals surface area contributed by atoms with Gasteiger partial charge in [-0.05, 0) is 67.3 Å². The summed E-state index contributed by atoms with van der Waals surface area (Å²) in [6.07, 6.45) is 6.91. The van der Waals surface area contributed by atoms with E-state index in [1.165, 1.54) is 62.9 Å². The zero-order valence-corrected chi connectivity index (χ0v) is 19.3. The second kappa shape index (κ2) is 11.2. The molecule has 1 aliphatic carbocycles. The van der Waals surface area contributed by atoms with Crippen molar-refractivity contribution in [3.8, 4) is 0 Å². The number of carboxylic acids is 1. The van der Waals surface area contributed by atoms with Crippen molar-refractivity contribution in [1.82, 2.24) is 15.8 Å². The van der Waals surface area contributed by atoms with Crippen LogP contribution in [0.1, 0.15) is 63.2 Å². The van der Waals surface area contributed by atoms with Crippen LogP contribution in [-0.4, -0.2) is 60.5 Å². The van der Waals surface area contributed by atoms with E-state index < -0.39 is 17.8 Å². The van der Waals surface area contributed by atoms with E-state index in [4.69, 9.17) is 5.11 Å². The Labute approximate surface area is 199 Å². The maximum Gasteiger partial charge on any atom is 0.335 e. The van der Waals surface area contributed by atoms with Gasteiger partial charge in [0.2, 0.25) is 0 Å². The van der Waals surface area contributed by atoms with E-state index in [2.05, 4.69) is 20.7 Å². The van der Waals surface area contributed by atoms with Gasteiger partial charge < -0.3 is 10.0 Å². The van der Waals surface area contributed by atoms with E-state index in [1.54, 1.807) is 12.1 Å². The highest BCUT2D eigenvalue weighted by Crippen LogP contribution is 2.25. The Hall–Kier alpha value is -3.39. The fourth-order valence-electron chi connectivity index (χ4n) is 4.77. The second-order valence-electron chi connectivity index (χ2n) is 9.13. The van der Waals surface area contributed by atoms with Crippen LogP contribution in [0.4, 0.5) is 5.69 Å². The van der Waals surface area contributed by atoms with Gasteiger partial charge in [-0.2, -0.15) is 0 Å². The monoisotopic (exact) mass is 464 g/mol. The molecule has 1 aliphatic heterocycles. The Balaban J connectivity index is 1.23. The molecule has 2 aromatic rings. The molecular formula is C26H32N4O4. The van der Waals surface area contributed by atoms with Gasteiger partial charge in [0.1, 0.15) is 0 Å². The SMILES string of the molecule is O=C(O)c1ccc(C(=O)NNC(=O)c2ccc(N3CCN(CC4CCCCC4)CC3)cc2)cc1. The molecule has 4 rings (SSSR count). The molecule has 180 valence electrons. The third-order valence-corrected chi connectivity index (χ3v) is 6.79. The number of nitrogens with zero attached hydrogens (tertiary/aromatic N) is 2. The van der Waals surface area contributed by atoms with Gasteiger partial charge in [-0.3, -0.25) is 25.3 Å². The number of anilines is 1. The molecule has 8 nitrogen and oxygen atoms in total. The highest BCUT2D eigenvalue weighted by atomic mass is 16.4. The van der Waals surface area contributed by atoms with E-state index in [0.717, 1.165) is 37.8 Å². The Morgan fingerprint density at radius 3 is 1.76 bits per heavy atom. The van der Waals surface area contributed by atoms with Gasteiger partial charge in [0, 0.05) is 49.5 Å². The maximum atomic E-state index is 12.4. The average Bonchev–Trinajstić information content (AvgIpc) is 2.88. The van der Waals surface area contributed by atoms with Gasteiger partial charge in [-0.25, -0.2) is 4.79 Å². The molecule has 0 aromatic heterocycles. The summed E-state index contributed by atoms with van der Waals surface area (Å²) in [5, 5.41) is 8.93. The molecule has 0 spiro atoms. The molecule has 0 bridgehead atoms. The Bertz CT molecular complexity index is 992. The van der Waals surface area contributed by atoms with Crippen molar-refractivity contribution in [3.63, 3.8) is 0 Å². The molecule has 1 heterocycles. The van der Waals surface area contributed by atoms with E-state index in [1.807, 2.05) is 12.1 Å². The molecule has 8 heteroatoms. The minimum atomic E-state index is -1.06. The zero-order valence-electron chi connectivity index (χ0n) is 19.3. The lowest BCUT2D eigenvalue weighted by Gasteiger charge is -2.38. The van der Waals surface area contributed by atoms with Crippen LogP contribution >= 0.6 is 0 Å². The molecular weight excluding hydrogens is 432 g/mol. The number of amides is 2. The highest BCUT2D eigenvalue weighted by molar-refractivity contribution is 5.99. The number of piperazine rings is 1. The molecule has 2 aliphatic rings. The van der Waals surface area contributed by atoms with Crippen LogP contribution in [0.5, 0.6) is 0 Å². The molecule has 1 saturated carbocycles. The van der Waals surface area contributed by atoms with Crippen LogP contribution in [0.2, 0.25) is 0 Å². The minimum Gasteiger partial charge on any atom is -0.478 e. The summed E-state index contributed by atoms with van der Waals surface area (Å²) in [6, 6.07) is 12.9. The Morgan fingerprint density at radius 1 is 0.735 bits per heavy atom. The normalized spacial score (nSPS) is 17.2. The Kier molecular flexibility index (Phi) is 7.80. The van der Waals surface area contributed by atoms with E-state index >= 15 is 0 Å². The van der Waals surface area contributed by atoms with Gasteiger partial charge in [0.15, 0.2) is 0 Å². The highest BCUT2D eigenvalue weighted by Gasteiger charge is 2.22. The van der Waals surface area contributed by atoms with Crippen LogP contribution in [-0.2, 0) is 0 Å².